The van der Waals surface area contributed by atoms with Crippen LogP contribution in [0.4, 0.5) is 5.69 Å². The van der Waals surface area contributed by atoms with Crippen molar-refractivity contribution in [2.24, 2.45) is 5.73 Å². The van der Waals surface area contributed by atoms with Gasteiger partial charge in [-0.25, -0.2) is 0 Å². The van der Waals surface area contributed by atoms with Crippen LogP contribution in [-0.2, 0) is 0 Å². The van der Waals surface area contributed by atoms with Gasteiger partial charge in [0.05, 0.1) is 30.8 Å². The first kappa shape index (κ1) is 15.0. The van der Waals surface area contributed by atoms with Crippen LogP contribution in [0.1, 0.15) is 24.4 Å². The Morgan fingerprint density at radius 3 is 2.47 bits per heavy atom. The van der Waals surface area contributed by atoms with E-state index >= 15 is 0 Å². The Bertz CT molecular complexity index is 474. The predicted octanol–water partition coefficient (Wildman–Crippen LogP) is 2.58. The number of nitro benzene ring substituents is 1. The third kappa shape index (κ3) is 3.45. The van der Waals surface area contributed by atoms with Crippen molar-refractivity contribution in [1.82, 2.24) is 0 Å². The molecule has 0 fully saturated rings. The molecule has 19 heavy (non-hydrogen) atoms. The monoisotopic (exact) mass is 266 g/mol. The molecule has 6 heteroatoms. The van der Waals surface area contributed by atoms with Crippen molar-refractivity contribution in [2.45, 2.75) is 18.9 Å². The van der Waals surface area contributed by atoms with Gasteiger partial charge in [0.2, 0.25) is 0 Å². The second kappa shape index (κ2) is 6.75. The van der Waals surface area contributed by atoms with E-state index in [1.807, 2.05) is 0 Å². The largest absolute Gasteiger partial charge is 0.493 e. The number of hydrogen-bond acceptors (Lipinski definition) is 5. The van der Waals surface area contributed by atoms with Crippen LogP contribution in [-0.4, -0.2) is 19.1 Å². The van der Waals surface area contributed by atoms with Gasteiger partial charge in [0.25, 0.3) is 5.69 Å². The lowest BCUT2D eigenvalue weighted by atomic mass is 10.0. The summed E-state index contributed by atoms with van der Waals surface area (Å²) < 4.78 is 10.2. The van der Waals surface area contributed by atoms with Gasteiger partial charge in [-0.2, -0.15) is 0 Å². The second-order valence-electron chi connectivity index (χ2n) is 4.00. The Kier molecular flexibility index (Phi) is 5.32. The van der Waals surface area contributed by atoms with Gasteiger partial charge in [-0.15, -0.1) is 6.58 Å². The fourth-order valence-corrected chi connectivity index (χ4v) is 1.79. The van der Waals surface area contributed by atoms with Crippen LogP contribution in [0.2, 0.25) is 0 Å². The zero-order chi connectivity index (χ0) is 14.4. The van der Waals surface area contributed by atoms with Crippen LogP contribution < -0.4 is 15.2 Å². The van der Waals surface area contributed by atoms with E-state index in [0.29, 0.717) is 29.9 Å². The molecule has 0 spiro atoms. The normalized spacial score (nSPS) is 11.7. The third-order valence-electron chi connectivity index (χ3n) is 2.81. The zero-order valence-electron chi connectivity index (χ0n) is 11.1. The highest BCUT2D eigenvalue weighted by molar-refractivity contribution is 5.55. The lowest BCUT2D eigenvalue weighted by Crippen LogP contribution is -2.12. The van der Waals surface area contributed by atoms with E-state index in [2.05, 4.69) is 6.58 Å². The first-order valence-electron chi connectivity index (χ1n) is 5.81. The fourth-order valence-electron chi connectivity index (χ4n) is 1.79. The molecule has 1 aromatic carbocycles. The number of allylic oxidation sites excluding steroid dienone is 1. The number of methoxy groups -OCH3 is 2. The molecular formula is C13H18N2O4. The van der Waals surface area contributed by atoms with E-state index in [1.54, 1.807) is 12.1 Å². The Labute approximate surface area is 112 Å². The molecule has 0 unspecified atom stereocenters. The molecule has 0 bridgehead atoms. The van der Waals surface area contributed by atoms with Crippen molar-refractivity contribution in [2.75, 3.05) is 14.2 Å². The van der Waals surface area contributed by atoms with Crippen LogP contribution in [0.5, 0.6) is 11.5 Å². The Morgan fingerprint density at radius 2 is 2.00 bits per heavy atom. The van der Waals surface area contributed by atoms with Gasteiger partial charge < -0.3 is 15.2 Å². The predicted molar refractivity (Wildman–Crippen MR) is 72.6 cm³/mol. The highest BCUT2D eigenvalue weighted by Crippen LogP contribution is 2.37. The molecule has 0 aliphatic heterocycles. The summed E-state index contributed by atoms with van der Waals surface area (Å²) in [7, 11) is 2.90. The summed E-state index contributed by atoms with van der Waals surface area (Å²) in [5.74, 6) is 0.742. The molecule has 0 aliphatic rings. The molecule has 0 amide bonds. The molecule has 0 aliphatic carbocycles. The van der Waals surface area contributed by atoms with Gasteiger partial charge in [-0.1, -0.05) is 6.08 Å². The first-order valence-corrected chi connectivity index (χ1v) is 5.81. The number of nitrogens with zero attached hydrogens (tertiary/aromatic N) is 1. The summed E-state index contributed by atoms with van der Waals surface area (Å²) in [6, 6.07) is 2.45. The molecule has 2 N–H and O–H groups in total. The molecule has 0 radical (unpaired) electrons. The second-order valence-corrected chi connectivity index (χ2v) is 4.00. The van der Waals surface area contributed by atoms with Crippen molar-refractivity contribution < 1.29 is 14.4 Å². The Balaban J connectivity index is 3.26. The molecule has 0 aromatic heterocycles. The minimum atomic E-state index is -0.467. The number of nitro groups is 1. The van der Waals surface area contributed by atoms with E-state index in [9.17, 15) is 10.1 Å². The lowest BCUT2D eigenvalue weighted by Gasteiger charge is -2.14. The van der Waals surface area contributed by atoms with Gasteiger partial charge >= 0.3 is 0 Å². The topological polar surface area (TPSA) is 87.6 Å². The Morgan fingerprint density at radius 1 is 1.42 bits per heavy atom. The van der Waals surface area contributed by atoms with E-state index in [1.165, 1.54) is 20.3 Å². The number of ether oxygens (including phenoxy) is 2. The van der Waals surface area contributed by atoms with Crippen molar-refractivity contribution in [1.29, 1.82) is 0 Å². The SMILES string of the molecule is C=CCC[C@@H](N)c1cc(OC)c(OC)cc1[N+](=O)[O-]. The standard InChI is InChI=1S/C13H18N2O4/c1-4-5-6-10(14)9-7-12(18-2)13(19-3)8-11(9)15(16)17/h4,7-8,10H,1,5-6,14H2,2-3H3/t10-/m1/s1. The lowest BCUT2D eigenvalue weighted by molar-refractivity contribution is -0.385. The van der Waals surface area contributed by atoms with Crippen molar-refractivity contribution in [3.63, 3.8) is 0 Å². The van der Waals surface area contributed by atoms with Crippen LogP contribution >= 0.6 is 0 Å². The van der Waals surface area contributed by atoms with E-state index in [-0.39, 0.29) is 5.69 Å². The minimum Gasteiger partial charge on any atom is -0.493 e. The molecule has 0 saturated heterocycles. The molecule has 1 aromatic rings. The van der Waals surface area contributed by atoms with Gasteiger partial charge in [0, 0.05) is 6.04 Å². The summed E-state index contributed by atoms with van der Waals surface area (Å²) in [6.07, 6.45) is 3.00. The number of rotatable bonds is 7. The van der Waals surface area contributed by atoms with E-state index in [4.69, 9.17) is 15.2 Å². The summed E-state index contributed by atoms with van der Waals surface area (Å²) in [5, 5.41) is 11.1. The van der Waals surface area contributed by atoms with Crippen LogP contribution in [0.3, 0.4) is 0 Å². The molecule has 6 nitrogen and oxygen atoms in total. The van der Waals surface area contributed by atoms with Crippen LogP contribution in [0.25, 0.3) is 0 Å². The van der Waals surface area contributed by atoms with Crippen molar-refractivity contribution >= 4 is 5.69 Å². The zero-order valence-corrected chi connectivity index (χ0v) is 11.1. The highest BCUT2D eigenvalue weighted by atomic mass is 16.6. The van der Waals surface area contributed by atoms with Crippen molar-refractivity contribution in [3.8, 4) is 11.5 Å². The maximum Gasteiger partial charge on any atom is 0.278 e. The van der Waals surface area contributed by atoms with Crippen LogP contribution in [0.15, 0.2) is 24.8 Å². The maximum atomic E-state index is 11.1. The van der Waals surface area contributed by atoms with Gasteiger partial charge in [0.15, 0.2) is 11.5 Å². The summed E-state index contributed by atoms with van der Waals surface area (Å²) in [6.45, 7) is 3.61. The number of hydrogen-bond donors (Lipinski definition) is 1. The third-order valence-corrected chi connectivity index (χ3v) is 2.81. The fraction of sp³-hybridized carbons (Fsp3) is 0.385. The molecule has 1 rings (SSSR count). The summed E-state index contributed by atoms with van der Waals surface area (Å²) in [4.78, 5) is 10.6. The van der Waals surface area contributed by atoms with E-state index < -0.39 is 11.0 Å². The minimum absolute atomic E-state index is 0.0609. The molecular weight excluding hydrogens is 248 g/mol. The average Bonchev–Trinajstić information content (AvgIpc) is 2.42. The molecule has 0 saturated carbocycles. The van der Waals surface area contributed by atoms with Gasteiger partial charge in [-0.3, -0.25) is 10.1 Å². The van der Waals surface area contributed by atoms with Crippen molar-refractivity contribution in [3.05, 3.63) is 40.5 Å². The Hall–Kier alpha value is -2.08. The maximum absolute atomic E-state index is 11.1. The van der Waals surface area contributed by atoms with Crippen LogP contribution in [0, 0.1) is 10.1 Å². The summed E-state index contributed by atoms with van der Waals surface area (Å²) in [5.41, 5.74) is 6.36. The molecule has 104 valence electrons. The smallest absolute Gasteiger partial charge is 0.278 e. The summed E-state index contributed by atoms with van der Waals surface area (Å²) >= 11 is 0. The van der Waals surface area contributed by atoms with Gasteiger partial charge in [0.1, 0.15) is 0 Å². The molecule has 1 atom stereocenters. The first-order chi connectivity index (χ1) is 9.04. The number of nitrogens with two attached hydrogens (primary N) is 1. The average molecular weight is 266 g/mol. The number of benzene rings is 1. The highest BCUT2D eigenvalue weighted by Gasteiger charge is 2.23. The van der Waals surface area contributed by atoms with Gasteiger partial charge in [-0.05, 0) is 18.9 Å². The van der Waals surface area contributed by atoms with E-state index in [0.717, 1.165) is 0 Å². The molecule has 0 heterocycles. The quantitative estimate of drug-likeness (QED) is 0.465.